The SMILES string of the molecule is CCOc1ccc(Nc2nc(C(=O)NCC(F)(F)F)cs2)cc1. The number of ether oxygens (including phenoxy) is 1. The van der Waals surface area contributed by atoms with Gasteiger partial charge in [0.2, 0.25) is 0 Å². The maximum absolute atomic E-state index is 12.1. The van der Waals surface area contributed by atoms with Crippen LogP contribution in [0.4, 0.5) is 24.0 Å². The van der Waals surface area contributed by atoms with E-state index in [1.165, 1.54) is 5.38 Å². The molecular formula is C14H14F3N3O2S. The number of rotatable bonds is 6. The quantitative estimate of drug-likeness (QED) is 0.840. The Bertz CT molecular complexity index is 656. The molecule has 0 bridgehead atoms. The summed E-state index contributed by atoms with van der Waals surface area (Å²) in [6, 6.07) is 7.10. The highest BCUT2D eigenvalue weighted by Gasteiger charge is 2.28. The predicted octanol–water partition coefficient (Wildman–Crippen LogP) is 3.58. The van der Waals surface area contributed by atoms with Crippen LogP contribution >= 0.6 is 11.3 Å². The second-order valence-corrected chi connectivity index (χ2v) is 5.28. The van der Waals surface area contributed by atoms with Crippen molar-refractivity contribution in [2.24, 2.45) is 0 Å². The van der Waals surface area contributed by atoms with Gasteiger partial charge in [0.05, 0.1) is 6.61 Å². The summed E-state index contributed by atoms with van der Waals surface area (Å²) in [5, 5.41) is 6.54. The van der Waals surface area contributed by atoms with Crippen LogP contribution in [0.15, 0.2) is 29.6 Å². The monoisotopic (exact) mass is 345 g/mol. The standard InChI is InChI=1S/C14H14F3N3O2S/c1-2-22-10-5-3-9(4-6-10)19-13-20-11(7-23-13)12(21)18-8-14(15,16)17/h3-7H,2,8H2,1H3,(H,18,21)(H,19,20). The van der Waals surface area contributed by atoms with Gasteiger partial charge in [0, 0.05) is 11.1 Å². The van der Waals surface area contributed by atoms with Crippen LogP contribution in [0.2, 0.25) is 0 Å². The van der Waals surface area contributed by atoms with E-state index < -0.39 is 18.6 Å². The fourth-order valence-electron chi connectivity index (χ4n) is 1.63. The first-order valence-corrected chi connectivity index (χ1v) is 7.55. The largest absolute Gasteiger partial charge is 0.494 e. The van der Waals surface area contributed by atoms with E-state index in [1.54, 1.807) is 29.6 Å². The number of aromatic nitrogens is 1. The molecule has 1 aromatic heterocycles. The molecule has 2 N–H and O–H groups in total. The summed E-state index contributed by atoms with van der Waals surface area (Å²) in [5.41, 5.74) is 0.665. The van der Waals surface area contributed by atoms with Crippen molar-refractivity contribution in [1.29, 1.82) is 0 Å². The first-order valence-electron chi connectivity index (χ1n) is 6.68. The third kappa shape index (κ3) is 5.44. The minimum absolute atomic E-state index is 0.0623. The zero-order valence-corrected chi connectivity index (χ0v) is 12.9. The molecule has 0 spiro atoms. The third-order valence-corrected chi connectivity index (χ3v) is 3.36. The van der Waals surface area contributed by atoms with E-state index in [4.69, 9.17) is 4.74 Å². The number of benzene rings is 1. The van der Waals surface area contributed by atoms with Crippen molar-refractivity contribution in [3.8, 4) is 5.75 Å². The normalized spacial score (nSPS) is 11.1. The van der Waals surface area contributed by atoms with Crippen molar-refractivity contribution in [3.63, 3.8) is 0 Å². The van der Waals surface area contributed by atoms with Crippen LogP contribution < -0.4 is 15.4 Å². The van der Waals surface area contributed by atoms with Crippen LogP contribution in [-0.2, 0) is 0 Å². The molecule has 23 heavy (non-hydrogen) atoms. The molecule has 9 heteroatoms. The Labute approximate surface area is 134 Å². The van der Waals surface area contributed by atoms with E-state index in [-0.39, 0.29) is 5.69 Å². The van der Waals surface area contributed by atoms with Crippen LogP contribution in [0.3, 0.4) is 0 Å². The van der Waals surface area contributed by atoms with E-state index >= 15 is 0 Å². The molecule has 0 aliphatic rings. The lowest BCUT2D eigenvalue weighted by Crippen LogP contribution is -2.33. The van der Waals surface area contributed by atoms with Crippen LogP contribution in [0.1, 0.15) is 17.4 Å². The van der Waals surface area contributed by atoms with Crippen LogP contribution in [0.5, 0.6) is 5.75 Å². The summed E-state index contributed by atoms with van der Waals surface area (Å²) in [6.45, 7) is 1.06. The number of alkyl halides is 3. The maximum Gasteiger partial charge on any atom is 0.405 e. The van der Waals surface area contributed by atoms with Gasteiger partial charge in [0.15, 0.2) is 5.13 Å². The predicted molar refractivity (Wildman–Crippen MR) is 81.4 cm³/mol. The zero-order valence-electron chi connectivity index (χ0n) is 12.1. The Morgan fingerprint density at radius 2 is 2.00 bits per heavy atom. The topological polar surface area (TPSA) is 63.2 Å². The number of thiazole rings is 1. The Balaban J connectivity index is 1.95. The Hall–Kier alpha value is -2.29. The zero-order chi connectivity index (χ0) is 16.9. The average molecular weight is 345 g/mol. The summed E-state index contributed by atoms with van der Waals surface area (Å²) >= 11 is 1.12. The molecule has 1 heterocycles. The van der Waals surface area contributed by atoms with Crippen molar-refractivity contribution in [3.05, 3.63) is 35.3 Å². The van der Waals surface area contributed by atoms with Gasteiger partial charge in [0.25, 0.3) is 5.91 Å². The maximum atomic E-state index is 12.1. The molecule has 1 amide bonds. The summed E-state index contributed by atoms with van der Waals surface area (Å²) in [4.78, 5) is 15.5. The molecule has 0 radical (unpaired) electrons. The molecule has 0 unspecified atom stereocenters. The van der Waals surface area contributed by atoms with Gasteiger partial charge in [-0.3, -0.25) is 4.79 Å². The molecule has 1 aromatic carbocycles. The number of hydrogen-bond donors (Lipinski definition) is 2. The molecular weight excluding hydrogens is 331 g/mol. The lowest BCUT2D eigenvalue weighted by molar-refractivity contribution is -0.123. The number of anilines is 2. The minimum Gasteiger partial charge on any atom is -0.494 e. The van der Waals surface area contributed by atoms with E-state index in [9.17, 15) is 18.0 Å². The summed E-state index contributed by atoms with van der Waals surface area (Å²) in [5.74, 6) is -0.136. The van der Waals surface area contributed by atoms with E-state index in [0.29, 0.717) is 11.7 Å². The number of amides is 1. The number of carbonyl (C=O) groups excluding carboxylic acids is 1. The lowest BCUT2D eigenvalue weighted by atomic mass is 10.3. The highest BCUT2D eigenvalue weighted by molar-refractivity contribution is 7.14. The number of nitrogens with zero attached hydrogens (tertiary/aromatic N) is 1. The first kappa shape index (κ1) is 17.1. The third-order valence-electron chi connectivity index (χ3n) is 2.60. The highest BCUT2D eigenvalue weighted by Crippen LogP contribution is 2.23. The smallest absolute Gasteiger partial charge is 0.405 e. The summed E-state index contributed by atoms with van der Waals surface area (Å²) in [6.07, 6.45) is -4.45. The number of carbonyl (C=O) groups is 1. The Morgan fingerprint density at radius 3 is 2.61 bits per heavy atom. The fourth-order valence-corrected chi connectivity index (χ4v) is 2.34. The van der Waals surface area contributed by atoms with Crippen molar-refractivity contribution in [2.45, 2.75) is 13.1 Å². The minimum atomic E-state index is -4.45. The Morgan fingerprint density at radius 1 is 1.30 bits per heavy atom. The van der Waals surface area contributed by atoms with Gasteiger partial charge >= 0.3 is 6.18 Å². The first-order chi connectivity index (χ1) is 10.9. The van der Waals surface area contributed by atoms with Crippen LogP contribution in [0.25, 0.3) is 0 Å². The summed E-state index contributed by atoms with van der Waals surface area (Å²) in [7, 11) is 0. The lowest BCUT2D eigenvalue weighted by Gasteiger charge is -2.06. The number of halogens is 3. The van der Waals surface area contributed by atoms with Crippen LogP contribution in [0, 0.1) is 0 Å². The molecule has 0 aliphatic carbocycles. The van der Waals surface area contributed by atoms with Gasteiger partial charge in [-0.25, -0.2) is 4.98 Å². The molecule has 0 fully saturated rings. The van der Waals surface area contributed by atoms with Gasteiger partial charge < -0.3 is 15.4 Å². The molecule has 2 aromatic rings. The van der Waals surface area contributed by atoms with Crippen molar-refractivity contribution in [2.75, 3.05) is 18.5 Å². The average Bonchev–Trinajstić information content (AvgIpc) is 2.95. The molecule has 0 atom stereocenters. The van der Waals surface area contributed by atoms with Crippen molar-refractivity contribution < 1.29 is 22.7 Å². The van der Waals surface area contributed by atoms with E-state index in [1.807, 2.05) is 6.92 Å². The molecule has 0 aliphatic heterocycles. The van der Waals surface area contributed by atoms with E-state index in [2.05, 4.69) is 10.3 Å². The van der Waals surface area contributed by atoms with Gasteiger partial charge in [-0.15, -0.1) is 11.3 Å². The summed E-state index contributed by atoms with van der Waals surface area (Å²) < 4.78 is 41.5. The van der Waals surface area contributed by atoms with Crippen molar-refractivity contribution >= 4 is 28.1 Å². The van der Waals surface area contributed by atoms with Gasteiger partial charge in [-0.05, 0) is 31.2 Å². The number of hydrogen-bond acceptors (Lipinski definition) is 5. The second kappa shape index (κ2) is 7.32. The number of nitrogens with one attached hydrogen (secondary N) is 2. The van der Waals surface area contributed by atoms with Crippen LogP contribution in [-0.4, -0.2) is 30.2 Å². The molecule has 0 saturated carbocycles. The fraction of sp³-hybridized carbons (Fsp3) is 0.286. The molecule has 5 nitrogen and oxygen atoms in total. The second-order valence-electron chi connectivity index (χ2n) is 4.42. The molecule has 124 valence electrons. The van der Waals surface area contributed by atoms with Gasteiger partial charge in [-0.1, -0.05) is 0 Å². The Kier molecular flexibility index (Phi) is 5.43. The van der Waals surface area contributed by atoms with Gasteiger partial charge in [-0.2, -0.15) is 13.2 Å². The highest BCUT2D eigenvalue weighted by atomic mass is 32.1. The van der Waals surface area contributed by atoms with Gasteiger partial charge in [0.1, 0.15) is 18.0 Å². The van der Waals surface area contributed by atoms with Crippen molar-refractivity contribution in [1.82, 2.24) is 10.3 Å². The molecule has 2 rings (SSSR count). The molecule has 0 saturated heterocycles. The van der Waals surface area contributed by atoms with E-state index in [0.717, 1.165) is 22.8 Å².